The number of rotatable bonds is 6. The molecule has 210 valence electrons. The lowest BCUT2D eigenvalue weighted by atomic mass is 9.94. The summed E-state index contributed by atoms with van der Waals surface area (Å²) in [5.74, 6) is -1.64. The quantitative estimate of drug-likeness (QED) is 0.482. The normalized spacial score (nSPS) is 21.8. The van der Waals surface area contributed by atoms with Crippen LogP contribution in [0, 0.1) is 11.3 Å². The minimum absolute atomic E-state index is 0.115. The lowest BCUT2D eigenvalue weighted by Gasteiger charge is -2.33. The Morgan fingerprint density at radius 3 is 2.51 bits per heavy atom. The van der Waals surface area contributed by atoms with Gasteiger partial charge in [-0.3, -0.25) is 14.4 Å². The fourth-order valence-corrected chi connectivity index (χ4v) is 5.57. The van der Waals surface area contributed by atoms with Crippen LogP contribution in [0.1, 0.15) is 57.3 Å². The number of carbonyl (C=O) groups is 3. The smallest absolute Gasteiger partial charge is 0.308 e. The van der Waals surface area contributed by atoms with E-state index in [1.54, 1.807) is 48.4 Å². The Morgan fingerprint density at radius 1 is 1.13 bits per heavy atom. The number of methoxy groups -OCH3 is 1. The van der Waals surface area contributed by atoms with Crippen LogP contribution in [0.25, 0.3) is 0 Å². The van der Waals surface area contributed by atoms with Gasteiger partial charge < -0.3 is 24.4 Å². The van der Waals surface area contributed by atoms with Crippen molar-refractivity contribution in [1.82, 2.24) is 4.90 Å². The number of carbonyl (C=O) groups excluding carboxylic acids is 2. The van der Waals surface area contributed by atoms with Gasteiger partial charge in [-0.25, -0.2) is 0 Å². The number of benzene rings is 2. The number of halogens is 2. The average molecular weight is 578 g/mol. The lowest BCUT2D eigenvalue weighted by Crippen LogP contribution is -2.47. The summed E-state index contributed by atoms with van der Waals surface area (Å²) in [6.45, 7) is 7.02. The topological polar surface area (TPSA) is 96.4 Å². The number of aliphatic carboxylic acids is 1. The Balaban J connectivity index is 1.76. The molecule has 0 saturated carbocycles. The van der Waals surface area contributed by atoms with E-state index in [0.717, 1.165) is 0 Å². The molecule has 3 unspecified atom stereocenters. The second kappa shape index (κ2) is 11.7. The number of anilines is 1. The molecule has 39 heavy (non-hydrogen) atoms. The van der Waals surface area contributed by atoms with Crippen molar-refractivity contribution in [2.75, 3.05) is 31.6 Å². The molecule has 0 aromatic heterocycles. The standard InChI is InChI=1S/C29H34Cl2N2O6/c1-29(2,3)16-33-23-10-7-18(30)12-21(23)26(20-9-8-19(38-4)13-22(20)31)39-24(27(33)35)14-25(34)32-11-5-6-17(15-32)28(36)37/h7-10,12-13,17,24,26H,5-6,11,14-16H2,1-4H3,(H,36,37). The minimum atomic E-state index is -1.13. The first-order valence-electron chi connectivity index (χ1n) is 13.0. The Morgan fingerprint density at radius 2 is 1.87 bits per heavy atom. The molecule has 4 rings (SSSR count). The van der Waals surface area contributed by atoms with E-state index in [9.17, 15) is 19.5 Å². The van der Waals surface area contributed by atoms with E-state index in [4.69, 9.17) is 32.7 Å². The molecule has 0 bridgehead atoms. The minimum Gasteiger partial charge on any atom is -0.497 e. The third kappa shape index (κ3) is 6.68. The van der Waals surface area contributed by atoms with Gasteiger partial charge >= 0.3 is 5.97 Å². The average Bonchev–Trinajstić information content (AvgIpc) is 2.98. The van der Waals surface area contributed by atoms with Gasteiger partial charge in [-0.05, 0) is 48.6 Å². The molecule has 1 saturated heterocycles. The molecule has 2 aliphatic heterocycles. The zero-order valence-electron chi connectivity index (χ0n) is 22.6. The predicted octanol–water partition coefficient (Wildman–Crippen LogP) is 5.58. The lowest BCUT2D eigenvalue weighted by molar-refractivity contribution is -0.148. The van der Waals surface area contributed by atoms with Gasteiger partial charge in [0.1, 0.15) is 18.0 Å². The van der Waals surface area contributed by atoms with Crippen molar-refractivity contribution in [2.45, 2.75) is 52.2 Å². The van der Waals surface area contributed by atoms with Crippen molar-refractivity contribution < 1.29 is 29.0 Å². The predicted molar refractivity (Wildman–Crippen MR) is 150 cm³/mol. The Bertz CT molecular complexity index is 1260. The number of carboxylic acids is 1. The number of ether oxygens (including phenoxy) is 2. The molecule has 3 atom stereocenters. The fourth-order valence-electron chi connectivity index (χ4n) is 5.12. The molecule has 2 aromatic carbocycles. The van der Waals surface area contributed by atoms with Crippen LogP contribution in [-0.2, 0) is 19.1 Å². The van der Waals surface area contributed by atoms with Crippen LogP contribution in [0.2, 0.25) is 10.0 Å². The van der Waals surface area contributed by atoms with E-state index in [1.807, 2.05) is 20.8 Å². The van der Waals surface area contributed by atoms with E-state index < -0.39 is 24.1 Å². The fraction of sp³-hybridized carbons (Fsp3) is 0.483. The molecule has 0 spiro atoms. The monoisotopic (exact) mass is 576 g/mol. The zero-order valence-corrected chi connectivity index (χ0v) is 24.1. The molecule has 1 fully saturated rings. The van der Waals surface area contributed by atoms with Crippen molar-refractivity contribution in [1.29, 1.82) is 0 Å². The molecule has 2 aromatic rings. The van der Waals surface area contributed by atoms with Crippen LogP contribution in [-0.4, -0.2) is 60.6 Å². The van der Waals surface area contributed by atoms with Crippen LogP contribution in [0.5, 0.6) is 5.75 Å². The number of amides is 2. The third-order valence-corrected chi connectivity index (χ3v) is 7.57. The van der Waals surface area contributed by atoms with Gasteiger partial charge in [0.2, 0.25) is 5.91 Å². The van der Waals surface area contributed by atoms with Crippen LogP contribution in [0.3, 0.4) is 0 Å². The van der Waals surface area contributed by atoms with Gasteiger partial charge in [-0.1, -0.05) is 50.0 Å². The maximum Gasteiger partial charge on any atom is 0.308 e. The summed E-state index contributed by atoms with van der Waals surface area (Å²) < 4.78 is 11.8. The number of nitrogens with zero attached hydrogens (tertiary/aromatic N) is 2. The van der Waals surface area contributed by atoms with Crippen molar-refractivity contribution in [3.05, 3.63) is 57.6 Å². The first kappa shape index (κ1) is 29.2. The molecule has 0 aliphatic carbocycles. The van der Waals surface area contributed by atoms with Crippen LogP contribution >= 0.6 is 23.2 Å². The Labute approximate surface area is 238 Å². The first-order valence-corrected chi connectivity index (χ1v) is 13.7. The summed E-state index contributed by atoms with van der Waals surface area (Å²) in [5, 5.41) is 10.3. The van der Waals surface area contributed by atoms with E-state index in [-0.39, 0.29) is 30.2 Å². The van der Waals surface area contributed by atoms with Crippen LogP contribution in [0.4, 0.5) is 5.69 Å². The van der Waals surface area contributed by atoms with Crippen molar-refractivity contribution in [3.8, 4) is 5.75 Å². The number of hydrogen-bond acceptors (Lipinski definition) is 5. The molecule has 2 amide bonds. The maximum atomic E-state index is 14.1. The van der Waals surface area contributed by atoms with Gasteiger partial charge in [0.25, 0.3) is 5.91 Å². The maximum absolute atomic E-state index is 14.1. The summed E-state index contributed by atoms with van der Waals surface area (Å²) in [6.07, 6.45) is -1.04. The molecule has 2 aliphatic rings. The highest BCUT2D eigenvalue weighted by Crippen LogP contribution is 2.43. The van der Waals surface area contributed by atoms with Crippen molar-refractivity contribution in [2.24, 2.45) is 11.3 Å². The summed E-state index contributed by atoms with van der Waals surface area (Å²) >= 11 is 13.1. The number of piperidine rings is 1. The largest absolute Gasteiger partial charge is 0.497 e. The second-order valence-electron chi connectivity index (χ2n) is 11.3. The SMILES string of the molecule is COc1ccc(C2OC(CC(=O)N3CCCC(C(=O)O)C3)C(=O)N(CC(C)(C)C)c3ccc(Cl)cc32)c(Cl)c1. The van der Waals surface area contributed by atoms with Crippen molar-refractivity contribution in [3.63, 3.8) is 0 Å². The van der Waals surface area contributed by atoms with E-state index in [2.05, 4.69) is 0 Å². The summed E-state index contributed by atoms with van der Waals surface area (Å²) in [6, 6.07) is 10.5. The molecular weight excluding hydrogens is 543 g/mol. The molecular formula is C29H34Cl2N2O6. The van der Waals surface area contributed by atoms with Crippen LogP contribution in [0.15, 0.2) is 36.4 Å². The second-order valence-corrected chi connectivity index (χ2v) is 12.1. The summed E-state index contributed by atoms with van der Waals surface area (Å²) in [7, 11) is 1.54. The van der Waals surface area contributed by atoms with Crippen LogP contribution < -0.4 is 9.64 Å². The molecule has 8 nitrogen and oxygen atoms in total. The Kier molecular flexibility index (Phi) is 8.78. The first-order chi connectivity index (χ1) is 18.4. The highest BCUT2D eigenvalue weighted by molar-refractivity contribution is 6.32. The number of fused-ring (bicyclic) bond motifs is 1. The Hall–Kier alpha value is -2.81. The van der Waals surface area contributed by atoms with Gasteiger partial charge in [-0.2, -0.15) is 0 Å². The van der Waals surface area contributed by atoms with Gasteiger partial charge in [0.05, 0.1) is 24.5 Å². The number of likely N-dealkylation sites (tertiary alicyclic amines) is 1. The zero-order chi connectivity index (χ0) is 28.5. The van der Waals surface area contributed by atoms with Gasteiger partial charge in [0, 0.05) is 41.5 Å². The summed E-state index contributed by atoms with van der Waals surface area (Å²) in [4.78, 5) is 42.2. The number of hydrogen-bond donors (Lipinski definition) is 1. The molecule has 10 heteroatoms. The van der Waals surface area contributed by atoms with Crippen molar-refractivity contribution >= 4 is 46.7 Å². The molecule has 1 N–H and O–H groups in total. The van der Waals surface area contributed by atoms with Gasteiger partial charge in [-0.15, -0.1) is 0 Å². The van der Waals surface area contributed by atoms with E-state index in [1.165, 1.54) is 4.90 Å². The molecule has 0 radical (unpaired) electrons. The van der Waals surface area contributed by atoms with E-state index in [0.29, 0.717) is 58.5 Å². The highest BCUT2D eigenvalue weighted by Gasteiger charge is 2.40. The van der Waals surface area contributed by atoms with Gasteiger partial charge in [0.15, 0.2) is 0 Å². The highest BCUT2D eigenvalue weighted by atomic mass is 35.5. The number of carboxylic acid groups (broad SMARTS) is 1. The summed E-state index contributed by atoms with van der Waals surface area (Å²) in [5.41, 5.74) is 1.63. The van der Waals surface area contributed by atoms with E-state index >= 15 is 0 Å². The molecule has 2 heterocycles. The third-order valence-electron chi connectivity index (χ3n) is 7.01.